The molecule has 0 radical (unpaired) electrons. The Labute approximate surface area is 166 Å². The smallest absolute Gasteiger partial charge is 0.375 e. The third kappa shape index (κ3) is 2.85. The van der Waals surface area contributed by atoms with Crippen LogP contribution in [-0.4, -0.2) is 29.7 Å². The number of hydrogen-bond acceptors (Lipinski definition) is 6. The lowest BCUT2D eigenvalue weighted by Crippen LogP contribution is -2.46. The molecule has 2 aromatic rings. The number of esters is 1. The average Bonchev–Trinajstić information content (AvgIpc) is 3.24. The third-order valence-corrected chi connectivity index (χ3v) is 6.95. The Morgan fingerprint density at radius 3 is 3.00 bits per heavy atom. The number of nitrogens with one attached hydrogen (secondary N) is 1. The van der Waals surface area contributed by atoms with E-state index in [2.05, 4.69) is 10.3 Å². The topological polar surface area (TPSA) is 80.9 Å². The number of carbonyl (C=O) groups is 2. The number of para-hydroxylation sites is 1. The van der Waals surface area contributed by atoms with Crippen molar-refractivity contribution in [2.24, 2.45) is 10.9 Å². The summed E-state index contributed by atoms with van der Waals surface area (Å²) >= 11 is 1.69. The van der Waals surface area contributed by atoms with E-state index in [-0.39, 0.29) is 29.6 Å². The highest BCUT2D eigenvalue weighted by molar-refractivity contribution is 8.04. The highest BCUT2D eigenvalue weighted by Crippen LogP contribution is 2.50. The number of thioether (sulfide) groups is 1. The van der Waals surface area contributed by atoms with Crippen LogP contribution in [0.2, 0.25) is 0 Å². The maximum absolute atomic E-state index is 12.6. The first-order valence-corrected chi connectivity index (χ1v) is 10.4. The molecule has 2 atom stereocenters. The Morgan fingerprint density at radius 1 is 1.32 bits per heavy atom. The number of aliphatic imine (C=N–C) groups is 1. The van der Waals surface area contributed by atoms with Crippen molar-refractivity contribution < 1.29 is 18.7 Å². The number of fused-ring (bicyclic) bond motifs is 3. The molecule has 0 spiro atoms. The van der Waals surface area contributed by atoms with Crippen LogP contribution >= 0.6 is 11.8 Å². The van der Waals surface area contributed by atoms with E-state index in [4.69, 9.17) is 9.15 Å². The molecule has 7 heteroatoms. The van der Waals surface area contributed by atoms with Crippen molar-refractivity contribution in [3.05, 3.63) is 46.1 Å². The fourth-order valence-electron chi connectivity index (χ4n) is 4.19. The van der Waals surface area contributed by atoms with E-state index in [0.717, 1.165) is 30.2 Å². The van der Waals surface area contributed by atoms with Crippen molar-refractivity contribution in [2.45, 2.75) is 38.0 Å². The van der Waals surface area contributed by atoms with E-state index in [0.29, 0.717) is 11.4 Å². The maximum atomic E-state index is 12.6. The zero-order valence-electron chi connectivity index (χ0n) is 15.5. The maximum Gasteiger partial charge on any atom is 0.375 e. The Bertz CT molecular complexity index is 1050. The number of allylic oxidation sites excluding steroid dienone is 1. The van der Waals surface area contributed by atoms with Crippen LogP contribution in [-0.2, 0) is 9.53 Å². The van der Waals surface area contributed by atoms with Crippen LogP contribution in [0, 0.1) is 12.8 Å². The Hall–Kier alpha value is -2.54. The lowest BCUT2D eigenvalue weighted by Gasteiger charge is -2.25. The van der Waals surface area contributed by atoms with Crippen molar-refractivity contribution in [1.82, 2.24) is 5.32 Å². The predicted molar refractivity (Wildman–Crippen MR) is 107 cm³/mol. The Morgan fingerprint density at radius 2 is 2.14 bits per heavy atom. The van der Waals surface area contributed by atoms with Gasteiger partial charge in [-0.1, -0.05) is 18.2 Å². The quantitative estimate of drug-likeness (QED) is 0.795. The summed E-state index contributed by atoms with van der Waals surface area (Å²) in [7, 11) is 0. The molecule has 0 saturated carbocycles. The summed E-state index contributed by atoms with van der Waals surface area (Å²) in [6, 6.07) is 7.48. The summed E-state index contributed by atoms with van der Waals surface area (Å²) in [4.78, 5) is 31.1. The number of furan rings is 1. The van der Waals surface area contributed by atoms with Gasteiger partial charge in [-0.15, -0.1) is 11.8 Å². The zero-order valence-corrected chi connectivity index (χ0v) is 16.3. The first-order valence-electron chi connectivity index (χ1n) is 9.53. The number of nitrogens with zero attached hydrogens (tertiary/aromatic N) is 1. The number of amides is 1. The number of benzene rings is 1. The van der Waals surface area contributed by atoms with Crippen molar-refractivity contribution in [1.29, 1.82) is 0 Å². The number of carbonyl (C=O) groups excluding carboxylic acids is 2. The minimum Gasteiger partial charge on any atom is -0.452 e. The monoisotopic (exact) mass is 396 g/mol. The van der Waals surface area contributed by atoms with Crippen LogP contribution < -0.4 is 5.32 Å². The molecule has 1 aromatic carbocycles. The van der Waals surface area contributed by atoms with Gasteiger partial charge in [-0.2, -0.15) is 0 Å². The number of aryl methyl sites for hydroxylation is 1. The molecule has 28 heavy (non-hydrogen) atoms. The van der Waals surface area contributed by atoms with Crippen LogP contribution in [0.5, 0.6) is 0 Å². The SMILES string of the molecule is Cc1c(C(=O)OCC2=N[C@H]3SC4=C(CCCC4)[C@H]3C(=O)N2)oc2ccccc12. The number of amidine groups is 1. The van der Waals surface area contributed by atoms with Gasteiger partial charge in [-0.05, 0) is 49.2 Å². The van der Waals surface area contributed by atoms with Gasteiger partial charge in [0.25, 0.3) is 0 Å². The molecule has 0 bridgehead atoms. The summed E-state index contributed by atoms with van der Waals surface area (Å²) < 4.78 is 11.0. The van der Waals surface area contributed by atoms with Gasteiger partial charge in [0.1, 0.15) is 23.4 Å². The van der Waals surface area contributed by atoms with Gasteiger partial charge in [-0.3, -0.25) is 9.79 Å². The Kier molecular flexibility index (Phi) is 4.27. The minimum atomic E-state index is -0.552. The predicted octanol–water partition coefficient (Wildman–Crippen LogP) is 3.94. The molecule has 6 nitrogen and oxygen atoms in total. The van der Waals surface area contributed by atoms with Gasteiger partial charge >= 0.3 is 5.97 Å². The molecule has 1 aliphatic carbocycles. The van der Waals surface area contributed by atoms with Crippen molar-refractivity contribution in [2.75, 3.05) is 6.61 Å². The summed E-state index contributed by atoms with van der Waals surface area (Å²) in [6.07, 6.45) is 4.35. The van der Waals surface area contributed by atoms with Crippen LogP contribution in [0.3, 0.4) is 0 Å². The first-order chi connectivity index (χ1) is 13.6. The molecule has 0 unspecified atom stereocenters. The lowest BCUT2D eigenvalue weighted by molar-refractivity contribution is -0.122. The molecule has 2 aliphatic heterocycles. The fourth-order valence-corrected chi connectivity index (χ4v) is 5.72. The van der Waals surface area contributed by atoms with Gasteiger partial charge in [0, 0.05) is 10.9 Å². The molecule has 0 saturated heterocycles. The number of rotatable bonds is 3. The summed E-state index contributed by atoms with van der Waals surface area (Å²) in [5, 5.41) is 3.59. The normalized spacial score (nSPS) is 23.9. The molecule has 1 aromatic heterocycles. The molecule has 1 amide bonds. The number of hydrogen-bond donors (Lipinski definition) is 1. The molecule has 144 valence electrons. The number of ether oxygens (including phenoxy) is 1. The summed E-state index contributed by atoms with van der Waals surface area (Å²) in [5.74, 6) is -0.165. The fraction of sp³-hybridized carbons (Fsp3) is 0.381. The molecular formula is C21H20N2O4S. The van der Waals surface area contributed by atoms with E-state index in [1.807, 2.05) is 31.2 Å². The molecule has 3 aliphatic rings. The second kappa shape index (κ2) is 6.81. The van der Waals surface area contributed by atoms with Crippen LogP contribution in [0.25, 0.3) is 11.0 Å². The summed E-state index contributed by atoms with van der Waals surface area (Å²) in [6.45, 7) is 1.76. The van der Waals surface area contributed by atoms with Crippen molar-refractivity contribution in [3.63, 3.8) is 0 Å². The van der Waals surface area contributed by atoms with Crippen LogP contribution in [0.15, 0.2) is 44.2 Å². The molecule has 5 rings (SSSR count). The van der Waals surface area contributed by atoms with Gasteiger partial charge in [-0.25, -0.2) is 4.79 Å². The first kappa shape index (κ1) is 17.6. The average molecular weight is 396 g/mol. The lowest BCUT2D eigenvalue weighted by atomic mass is 9.88. The highest BCUT2D eigenvalue weighted by Gasteiger charge is 2.43. The van der Waals surface area contributed by atoms with Gasteiger partial charge < -0.3 is 14.5 Å². The van der Waals surface area contributed by atoms with E-state index >= 15 is 0 Å². The van der Waals surface area contributed by atoms with Crippen LogP contribution in [0.4, 0.5) is 0 Å². The second-order valence-electron chi connectivity index (χ2n) is 7.34. The minimum absolute atomic E-state index is 0.0367. The van der Waals surface area contributed by atoms with E-state index in [9.17, 15) is 9.59 Å². The summed E-state index contributed by atoms with van der Waals surface area (Å²) in [5.41, 5.74) is 2.66. The molecule has 0 fully saturated rings. The largest absolute Gasteiger partial charge is 0.452 e. The van der Waals surface area contributed by atoms with Crippen molar-refractivity contribution >= 4 is 40.4 Å². The second-order valence-corrected chi connectivity index (χ2v) is 8.55. The van der Waals surface area contributed by atoms with Crippen LogP contribution in [0.1, 0.15) is 41.8 Å². The van der Waals surface area contributed by atoms with Gasteiger partial charge in [0.05, 0.1) is 5.92 Å². The third-order valence-electron chi connectivity index (χ3n) is 5.58. The van der Waals surface area contributed by atoms with Crippen molar-refractivity contribution in [3.8, 4) is 0 Å². The van der Waals surface area contributed by atoms with E-state index in [1.165, 1.54) is 16.9 Å². The zero-order chi connectivity index (χ0) is 19.3. The Balaban J connectivity index is 1.30. The molecule has 1 N–H and O–H groups in total. The van der Waals surface area contributed by atoms with E-state index < -0.39 is 5.97 Å². The molecule has 3 heterocycles. The standard InChI is InChI=1S/C21H20N2O4S/c1-11-12-6-2-4-8-14(12)27-18(11)21(25)26-10-16-22-19(24)17-13-7-3-5-9-15(13)28-20(17)23-16/h2,4,6,8,17,20H,3,5,7,9-10H2,1H3,(H,22,23,24)/t17-,20-/m0/s1. The highest BCUT2D eigenvalue weighted by atomic mass is 32.2. The van der Waals surface area contributed by atoms with Gasteiger partial charge in [0.15, 0.2) is 0 Å². The van der Waals surface area contributed by atoms with Gasteiger partial charge in [0.2, 0.25) is 11.7 Å². The van der Waals surface area contributed by atoms with E-state index in [1.54, 1.807) is 11.8 Å². The molecular weight excluding hydrogens is 376 g/mol.